The molecule has 0 aliphatic carbocycles. The van der Waals surface area contributed by atoms with Crippen molar-refractivity contribution in [3.8, 4) is 0 Å². The van der Waals surface area contributed by atoms with E-state index in [9.17, 15) is 0 Å². The molecule has 1 atom stereocenters. The maximum absolute atomic E-state index is 5.13. The molecule has 1 unspecified atom stereocenters. The summed E-state index contributed by atoms with van der Waals surface area (Å²) in [6.07, 6.45) is 6.19. The number of aromatic nitrogens is 2. The van der Waals surface area contributed by atoms with Gasteiger partial charge >= 0.3 is 0 Å². The van der Waals surface area contributed by atoms with Crippen molar-refractivity contribution in [1.82, 2.24) is 15.1 Å². The molecule has 1 aromatic heterocycles. The van der Waals surface area contributed by atoms with Crippen LogP contribution in [-0.4, -0.2) is 30.0 Å². The van der Waals surface area contributed by atoms with Gasteiger partial charge in [0, 0.05) is 38.1 Å². The molecule has 0 radical (unpaired) electrons. The summed E-state index contributed by atoms with van der Waals surface area (Å²) in [5.74, 6) is 0. The van der Waals surface area contributed by atoms with Crippen molar-refractivity contribution in [2.75, 3.05) is 20.3 Å². The standard InChI is InChI=1S/C12H23N3O/c1-4-7-15-10-11(9-14-15)12(13-5-2)6-8-16-3/h9-10,12-13H,4-8H2,1-3H3. The zero-order valence-corrected chi connectivity index (χ0v) is 10.6. The summed E-state index contributed by atoms with van der Waals surface area (Å²) >= 11 is 0. The van der Waals surface area contributed by atoms with Gasteiger partial charge in [-0.3, -0.25) is 4.68 Å². The monoisotopic (exact) mass is 225 g/mol. The van der Waals surface area contributed by atoms with Crippen LogP contribution in [0.25, 0.3) is 0 Å². The SMILES string of the molecule is CCCn1cc(C(CCOC)NCC)cn1. The lowest BCUT2D eigenvalue weighted by Gasteiger charge is -2.15. The second kappa shape index (κ2) is 7.41. The number of methoxy groups -OCH3 is 1. The van der Waals surface area contributed by atoms with Crippen LogP contribution in [0.2, 0.25) is 0 Å². The summed E-state index contributed by atoms with van der Waals surface area (Å²) in [6, 6.07) is 0.357. The molecule has 1 N–H and O–H groups in total. The van der Waals surface area contributed by atoms with Crippen LogP contribution in [0.3, 0.4) is 0 Å². The minimum absolute atomic E-state index is 0.357. The second-order valence-corrected chi connectivity index (χ2v) is 3.93. The van der Waals surface area contributed by atoms with E-state index in [0.29, 0.717) is 6.04 Å². The third-order valence-electron chi connectivity index (χ3n) is 2.57. The van der Waals surface area contributed by atoms with Gasteiger partial charge in [0.2, 0.25) is 0 Å². The molecule has 1 heterocycles. The van der Waals surface area contributed by atoms with Gasteiger partial charge in [-0.2, -0.15) is 5.10 Å². The lowest BCUT2D eigenvalue weighted by atomic mass is 10.1. The van der Waals surface area contributed by atoms with Crippen LogP contribution in [0.4, 0.5) is 0 Å². The molecular formula is C12H23N3O. The number of nitrogens with zero attached hydrogens (tertiary/aromatic N) is 2. The van der Waals surface area contributed by atoms with Gasteiger partial charge in [-0.15, -0.1) is 0 Å². The highest BCUT2D eigenvalue weighted by Crippen LogP contribution is 2.15. The molecule has 4 heteroatoms. The molecule has 0 spiro atoms. The quantitative estimate of drug-likeness (QED) is 0.735. The summed E-state index contributed by atoms with van der Waals surface area (Å²) in [5.41, 5.74) is 1.26. The van der Waals surface area contributed by atoms with E-state index < -0.39 is 0 Å². The summed E-state index contributed by atoms with van der Waals surface area (Å²) in [7, 11) is 1.74. The number of hydrogen-bond acceptors (Lipinski definition) is 3. The van der Waals surface area contributed by atoms with Crippen LogP contribution in [0.1, 0.15) is 38.3 Å². The molecule has 0 aliphatic rings. The van der Waals surface area contributed by atoms with Crippen molar-refractivity contribution < 1.29 is 4.74 Å². The number of hydrogen-bond donors (Lipinski definition) is 1. The van der Waals surface area contributed by atoms with Crippen molar-refractivity contribution in [2.45, 2.75) is 39.3 Å². The molecule has 0 bridgehead atoms. The summed E-state index contributed by atoms with van der Waals surface area (Å²) in [6.45, 7) is 7.01. The molecule has 1 aromatic rings. The van der Waals surface area contributed by atoms with E-state index in [-0.39, 0.29) is 0 Å². The Bertz CT molecular complexity index is 286. The van der Waals surface area contributed by atoms with Crippen LogP contribution in [-0.2, 0) is 11.3 Å². The van der Waals surface area contributed by atoms with Gasteiger partial charge in [-0.05, 0) is 19.4 Å². The van der Waals surface area contributed by atoms with Gasteiger partial charge in [0.25, 0.3) is 0 Å². The second-order valence-electron chi connectivity index (χ2n) is 3.93. The van der Waals surface area contributed by atoms with E-state index in [4.69, 9.17) is 4.74 Å². The van der Waals surface area contributed by atoms with Gasteiger partial charge in [0.1, 0.15) is 0 Å². The van der Waals surface area contributed by atoms with Gasteiger partial charge in [0.05, 0.1) is 6.20 Å². The number of ether oxygens (including phenoxy) is 1. The minimum atomic E-state index is 0.357. The number of rotatable bonds is 8. The van der Waals surface area contributed by atoms with Crippen LogP contribution in [0, 0.1) is 0 Å². The van der Waals surface area contributed by atoms with Crippen LogP contribution >= 0.6 is 0 Å². The minimum Gasteiger partial charge on any atom is -0.385 e. The number of nitrogens with one attached hydrogen (secondary N) is 1. The Morgan fingerprint density at radius 1 is 1.50 bits per heavy atom. The van der Waals surface area contributed by atoms with E-state index in [1.807, 2.05) is 10.9 Å². The fourth-order valence-corrected chi connectivity index (χ4v) is 1.78. The topological polar surface area (TPSA) is 39.1 Å². The first-order valence-corrected chi connectivity index (χ1v) is 6.06. The molecule has 0 fully saturated rings. The van der Waals surface area contributed by atoms with Gasteiger partial charge in [-0.1, -0.05) is 13.8 Å². The van der Waals surface area contributed by atoms with Crippen LogP contribution in [0.15, 0.2) is 12.4 Å². The molecule has 4 nitrogen and oxygen atoms in total. The Labute approximate surface area is 98.0 Å². The Kier molecular flexibility index (Phi) is 6.11. The van der Waals surface area contributed by atoms with Crippen molar-refractivity contribution in [3.05, 3.63) is 18.0 Å². The first-order valence-electron chi connectivity index (χ1n) is 6.06. The summed E-state index contributed by atoms with van der Waals surface area (Å²) in [4.78, 5) is 0. The van der Waals surface area contributed by atoms with E-state index in [2.05, 4.69) is 30.5 Å². The van der Waals surface area contributed by atoms with Crippen LogP contribution in [0.5, 0.6) is 0 Å². The average Bonchev–Trinajstić information content (AvgIpc) is 2.73. The molecule has 0 saturated carbocycles. The zero-order chi connectivity index (χ0) is 11.8. The fourth-order valence-electron chi connectivity index (χ4n) is 1.78. The van der Waals surface area contributed by atoms with Crippen LogP contribution < -0.4 is 5.32 Å². The maximum atomic E-state index is 5.13. The fraction of sp³-hybridized carbons (Fsp3) is 0.750. The first kappa shape index (κ1) is 13.2. The third kappa shape index (κ3) is 3.94. The molecule has 0 amide bonds. The van der Waals surface area contributed by atoms with Gasteiger partial charge in [-0.25, -0.2) is 0 Å². The smallest absolute Gasteiger partial charge is 0.0537 e. The van der Waals surface area contributed by atoms with E-state index in [1.54, 1.807) is 7.11 Å². The van der Waals surface area contributed by atoms with Crippen molar-refractivity contribution >= 4 is 0 Å². The largest absolute Gasteiger partial charge is 0.385 e. The third-order valence-corrected chi connectivity index (χ3v) is 2.57. The molecule has 0 aliphatic heterocycles. The van der Waals surface area contributed by atoms with Crippen molar-refractivity contribution in [1.29, 1.82) is 0 Å². The molecule has 0 aromatic carbocycles. The highest BCUT2D eigenvalue weighted by atomic mass is 16.5. The predicted octanol–water partition coefficient (Wildman–Crippen LogP) is 1.98. The molecule has 1 rings (SSSR count). The summed E-state index contributed by atoms with van der Waals surface area (Å²) in [5, 5.41) is 7.81. The highest BCUT2D eigenvalue weighted by Gasteiger charge is 2.11. The molecule has 16 heavy (non-hydrogen) atoms. The highest BCUT2D eigenvalue weighted by molar-refractivity contribution is 5.10. The molecule has 92 valence electrons. The van der Waals surface area contributed by atoms with Gasteiger partial charge in [0.15, 0.2) is 0 Å². The van der Waals surface area contributed by atoms with Crippen molar-refractivity contribution in [2.24, 2.45) is 0 Å². The predicted molar refractivity (Wildman–Crippen MR) is 65.4 cm³/mol. The molecular weight excluding hydrogens is 202 g/mol. The Morgan fingerprint density at radius 3 is 2.94 bits per heavy atom. The first-order chi connectivity index (χ1) is 7.81. The Morgan fingerprint density at radius 2 is 2.31 bits per heavy atom. The number of aryl methyl sites for hydroxylation is 1. The Hall–Kier alpha value is -0.870. The van der Waals surface area contributed by atoms with Gasteiger partial charge < -0.3 is 10.1 Å². The zero-order valence-electron chi connectivity index (χ0n) is 10.6. The van der Waals surface area contributed by atoms with E-state index in [0.717, 1.165) is 32.5 Å². The van der Waals surface area contributed by atoms with E-state index in [1.165, 1.54) is 5.56 Å². The van der Waals surface area contributed by atoms with E-state index >= 15 is 0 Å². The Balaban J connectivity index is 2.59. The average molecular weight is 225 g/mol. The lowest BCUT2D eigenvalue weighted by Crippen LogP contribution is -2.21. The summed E-state index contributed by atoms with van der Waals surface area (Å²) < 4.78 is 7.13. The van der Waals surface area contributed by atoms with Crippen molar-refractivity contribution in [3.63, 3.8) is 0 Å². The lowest BCUT2D eigenvalue weighted by molar-refractivity contribution is 0.183. The molecule has 0 saturated heterocycles. The normalized spacial score (nSPS) is 12.9. The maximum Gasteiger partial charge on any atom is 0.0537 e.